The van der Waals surface area contributed by atoms with Crippen molar-refractivity contribution in [2.24, 2.45) is 0 Å². The highest BCUT2D eigenvalue weighted by atomic mass is 32.2. The number of hydrogen-bond acceptors (Lipinski definition) is 3. The van der Waals surface area contributed by atoms with Crippen LogP contribution < -0.4 is 9.21 Å². The van der Waals surface area contributed by atoms with Crippen LogP contribution >= 0.6 is 0 Å². The molecule has 1 atom stereocenters. The first-order valence-corrected chi connectivity index (χ1v) is 10.4. The van der Waals surface area contributed by atoms with Crippen LogP contribution in [0.1, 0.15) is 31.9 Å². The van der Waals surface area contributed by atoms with Crippen LogP contribution in [0, 0.1) is 0 Å². The van der Waals surface area contributed by atoms with E-state index >= 15 is 0 Å². The maximum absolute atomic E-state index is 13.5. The fourth-order valence-corrected chi connectivity index (χ4v) is 5.78. The molecule has 5 nitrogen and oxygen atoms in total. The lowest BCUT2D eigenvalue weighted by atomic mass is 10.0. The van der Waals surface area contributed by atoms with Crippen molar-refractivity contribution in [2.45, 2.75) is 38.1 Å². The Morgan fingerprint density at radius 2 is 1.78 bits per heavy atom. The molecule has 0 saturated heterocycles. The van der Waals surface area contributed by atoms with Crippen molar-refractivity contribution in [2.75, 3.05) is 16.3 Å². The van der Waals surface area contributed by atoms with E-state index in [1.807, 2.05) is 45.0 Å². The molecule has 2 aromatic carbocycles. The molecular formula is C21H22N2O3S. The molecule has 0 bridgehead atoms. The normalized spacial score (nSPS) is 18.7. The van der Waals surface area contributed by atoms with Crippen LogP contribution in [0.4, 0.5) is 11.4 Å². The third kappa shape index (κ3) is 2.51. The fourth-order valence-electron chi connectivity index (χ4n) is 4.06. The summed E-state index contributed by atoms with van der Waals surface area (Å²) < 4.78 is 28.4. The van der Waals surface area contributed by atoms with Gasteiger partial charge < -0.3 is 4.90 Å². The van der Waals surface area contributed by atoms with Crippen molar-refractivity contribution in [3.05, 3.63) is 59.2 Å². The fraction of sp³-hybridized carbons (Fsp3) is 0.286. The lowest BCUT2D eigenvalue weighted by Gasteiger charge is -2.24. The molecule has 2 aliphatic rings. The summed E-state index contributed by atoms with van der Waals surface area (Å²) in [7, 11) is -2.01. The monoisotopic (exact) mass is 382 g/mol. The highest BCUT2D eigenvalue weighted by Gasteiger charge is 2.38. The number of rotatable bonds is 2. The van der Waals surface area contributed by atoms with E-state index in [0.717, 1.165) is 22.5 Å². The lowest BCUT2D eigenvalue weighted by molar-refractivity contribution is -0.112. The molecule has 4 rings (SSSR count). The maximum atomic E-state index is 13.5. The summed E-state index contributed by atoms with van der Waals surface area (Å²) in [5.74, 6) is -0.0977. The van der Waals surface area contributed by atoms with Crippen LogP contribution in [0.5, 0.6) is 0 Å². The van der Waals surface area contributed by atoms with Gasteiger partial charge in [-0.15, -0.1) is 0 Å². The Balaban J connectivity index is 1.86. The third-order valence-corrected chi connectivity index (χ3v) is 7.24. The third-order valence-electron chi connectivity index (χ3n) is 5.32. The van der Waals surface area contributed by atoms with E-state index in [4.69, 9.17) is 0 Å². The zero-order valence-electron chi connectivity index (χ0n) is 15.9. The van der Waals surface area contributed by atoms with Gasteiger partial charge in [-0.1, -0.05) is 23.8 Å². The number of hydrogen-bond donors (Lipinski definition) is 0. The highest BCUT2D eigenvalue weighted by molar-refractivity contribution is 7.92. The molecule has 0 aromatic heterocycles. The molecule has 6 heteroatoms. The van der Waals surface area contributed by atoms with Gasteiger partial charge in [0, 0.05) is 24.2 Å². The average Bonchev–Trinajstić information content (AvgIpc) is 3.08. The van der Waals surface area contributed by atoms with Gasteiger partial charge in [0.2, 0.25) is 0 Å². The maximum Gasteiger partial charge on any atom is 0.264 e. The molecule has 140 valence electrons. The van der Waals surface area contributed by atoms with Crippen molar-refractivity contribution in [3.63, 3.8) is 0 Å². The molecule has 0 radical (unpaired) electrons. The molecule has 0 unspecified atom stereocenters. The molecule has 1 amide bonds. The van der Waals surface area contributed by atoms with Crippen LogP contribution in [-0.2, 0) is 21.2 Å². The van der Waals surface area contributed by atoms with Crippen molar-refractivity contribution in [1.29, 1.82) is 0 Å². The Bertz CT molecular complexity index is 1100. The minimum absolute atomic E-state index is 0.0977. The summed E-state index contributed by atoms with van der Waals surface area (Å²) in [6.07, 6.45) is 0.695. The molecule has 2 aliphatic heterocycles. The van der Waals surface area contributed by atoms with Gasteiger partial charge in [-0.25, -0.2) is 8.42 Å². The summed E-state index contributed by atoms with van der Waals surface area (Å²) in [6.45, 7) is 5.66. The summed E-state index contributed by atoms with van der Waals surface area (Å²) in [4.78, 5) is 14.3. The summed E-state index contributed by atoms with van der Waals surface area (Å²) in [6, 6.07) is 12.4. The SMILES string of the molecule is CC(C)=C1C(=O)N(C)c2ccc(S(=O)(=O)N3c4ccccc4C[C@H]3C)cc21. The zero-order chi connectivity index (χ0) is 19.5. The van der Waals surface area contributed by atoms with Crippen molar-refractivity contribution >= 4 is 32.9 Å². The second-order valence-corrected chi connectivity index (χ2v) is 9.22. The molecule has 2 heterocycles. The van der Waals surface area contributed by atoms with Crippen LogP contribution in [-0.4, -0.2) is 27.4 Å². The number of anilines is 2. The molecule has 0 fully saturated rings. The van der Waals surface area contributed by atoms with Gasteiger partial charge in [0.1, 0.15) is 0 Å². The number of carbonyl (C=O) groups is 1. The number of amides is 1. The van der Waals surface area contributed by atoms with Gasteiger partial charge in [-0.2, -0.15) is 0 Å². The quantitative estimate of drug-likeness (QED) is 0.746. The average molecular weight is 382 g/mol. The second-order valence-electron chi connectivity index (χ2n) is 7.40. The number of para-hydroxylation sites is 1. The van der Waals surface area contributed by atoms with Crippen LogP contribution in [0.25, 0.3) is 5.57 Å². The summed E-state index contributed by atoms with van der Waals surface area (Å²) in [5.41, 5.74) is 4.66. The summed E-state index contributed by atoms with van der Waals surface area (Å²) >= 11 is 0. The Morgan fingerprint density at radius 1 is 1.07 bits per heavy atom. The molecule has 0 saturated carbocycles. The van der Waals surface area contributed by atoms with Gasteiger partial charge in [0.15, 0.2) is 0 Å². The summed E-state index contributed by atoms with van der Waals surface area (Å²) in [5, 5.41) is 0. The highest BCUT2D eigenvalue weighted by Crippen LogP contribution is 2.41. The van der Waals surface area contributed by atoms with Crippen LogP contribution in [0.3, 0.4) is 0 Å². The minimum Gasteiger partial charge on any atom is -0.311 e. The number of carbonyl (C=O) groups excluding carboxylic acids is 1. The Kier molecular flexibility index (Phi) is 3.93. The van der Waals surface area contributed by atoms with Crippen LogP contribution in [0.2, 0.25) is 0 Å². The van der Waals surface area contributed by atoms with Gasteiger partial charge >= 0.3 is 0 Å². The van der Waals surface area contributed by atoms with Crippen LogP contribution in [0.15, 0.2) is 52.9 Å². The Morgan fingerprint density at radius 3 is 2.48 bits per heavy atom. The van der Waals surface area contributed by atoms with E-state index in [1.165, 1.54) is 4.31 Å². The minimum atomic E-state index is -3.73. The predicted molar refractivity (Wildman–Crippen MR) is 107 cm³/mol. The van der Waals surface area contributed by atoms with E-state index in [-0.39, 0.29) is 16.8 Å². The first kappa shape index (κ1) is 17.8. The largest absolute Gasteiger partial charge is 0.311 e. The van der Waals surface area contributed by atoms with E-state index in [1.54, 1.807) is 30.1 Å². The number of fused-ring (bicyclic) bond motifs is 2. The van der Waals surface area contributed by atoms with Crippen molar-refractivity contribution < 1.29 is 13.2 Å². The molecule has 2 aromatic rings. The zero-order valence-corrected chi connectivity index (χ0v) is 16.7. The van der Waals surface area contributed by atoms with E-state index in [0.29, 0.717) is 17.6 Å². The van der Waals surface area contributed by atoms with E-state index in [2.05, 4.69) is 0 Å². The smallest absolute Gasteiger partial charge is 0.264 e. The number of likely N-dealkylation sites (N-methyl/N-ethyl adjacent to an activating group) is 1. The Hall–Kier alpha value is -2.60. The molecule has 0 spiro atoms. The number of sulfonamides is 1. The number of allylic oxidation sites excluding steroid dienone is 1. The molecule has 27 heavy (non-hydrogen) atoms. The standard InChI is InChI=1S/C21H22N2O3S/c1-13(2)20-17-12-16(9-10-19(17)22(4)21(20)24)27(25,26)23-14(3)11-15-7-5-6-8-18(15)23/h5-10,12,14H,11H2,1-4H3/t14-/m1/s1. The van der Waals surface area contributed by atoms with Gasteiger partial charge in [-0.05, 0) is 57.0 Å². The number of benzene rings is 2. The van der Waals surface area contributed by atoms with E-state index < -0.39 is 10.0 Å². The van der Waals surface area contributed by atoms with E-state index in [9.17, 15) is 13.2 Å². The second kappa shape index (κ2) is 5.96. The Labute approximate surface area is 160 Å². The predicted octanol–water partition coefficient (Wildman–Crippen LogP) is 3.60. The van der Waals surface area contributed by atoms with Crippen molar-refractivity contribution in [3.8, 4) is 0 Å². The first-order chi connectivity index (χ1) is 12.7. The topological polar surface area (TPSA) is 57.7 Å². The molecule has 0 N–H and O–H groups in total. The van der Waals surface area contributed by atoms with Crippen molar-refractivity contribution in [1.82, 2.24) is 0 Å². The van der Waals surface area contributed by atoms with Gasteiger partial charge in [-0.3, -0.25) is 9.10 Å². The van der Waals surface area contributed by atoms with Gasteiger partial charge in [0.05, 0.1) is 16.3 Å². The lowest BCUT2D eigenvalue weighted by Crippen LogP contribution is -2.35. The van der Waals surface area contributed by atoms with Gasteiger partial charge in [0.25, 0.3) is 15.9 Å². The molecule has 0 aliphatic carbocycles. The first-order valence-electron chi connectivity index (χ1n) is 8.95. The number of nitrogens with zero attached hydrogens (tertiary/aromatic N) is 2. The molecular weight excluding hydrogens is 360 g/mol.